The van der Waals surface area contributed by atoms with Gasteiger partial charge in [0.2, 0.25) is 0 Å². The summed E-state index contributed by atoms with van der Waals surface area (Å²) in [6.45, 7) is 7.60. The summed E-state index contributed by atoms with van der Waals surface area (Å²) in [5, 5.41) is 14.0. The number of rotatable bonds is 6. The first-order valence-corrected chi connectivity index (χ1v) is 6.56. The van der Waals surface area contributed by atoms with Crippen molar-refractivity contribution < 1.29 is 14.7 Å². The van der Waals surface area contributed by atoms with E-state index in [9.17, 15) is 9.59 Å². The van der Waals surface area contributed by atoms with Gasteiger partial charge in [-0.1, -0.05) is 13.8 Å². The minimum atomic E-state index is -0.995. The van der Waals surface area contributed by atoms with Gasteiger partial charge in [-0.25, -0.2) is 9.59 Å². The molecule has 2 amide bonds. The molecule has 0 aromatic carbocycles. The maximum Gasteiger partial charge on any atom is 0.326 e. The molecule has 1 rings (SSSR count). The van der Waals surface area contributed by atoms with E-state index < -0.39 is 12.0 Å². The summed E-state index contributed by atoms with van der Waals surface area (Å²) in [7, 11) is 0. The largest absolute Gasteiger partial charge is 0.480 e. The Labute approximate surface area is 108 Å². The summed E-state index contributed by atoms with van der Waals surface area (Å²) in [5.74, 6) is -0.522. The molecule has 0 saturated carbocycles. The molecule has 1 saturated heterocycles. The predicted molar refractivity (Wildman–Crippen MR) is 68.5 cm³/mol. The quantitative estimate of drug-likeness (QED) is 0.647. The van der Waals surface area contributed by atoms with Crippen LogP contribution in [0.25, 0.3) is 0 Å². The number of hydrogen-bond acceptors (Lipinski definition) is 3. The van der Waals surface area contributed by atoms with Gasteiger partial charge >= 0.3 is 12.0 Å². The van der Waals surface area contributed by atoms with Gasteiger partial charge in [0.25, 0.3) is 0 Å². The standard InChI is InChI=1S/C12H23N3O3/c1-3-10(11(16)17)14-12(18)13-7-9-5-6-15(4-2)8-9/h9-10H,3-8H2,1-2H3,(H,16,17)(H2,13,14,18). The molecule has 0 bridgehead atoms. The van der Waals surface area contributed by atoms with E-state index in [0.717, 1.165) is 26.1 Å². The molecule has 0 radical (unpaired) electrons. The summed E-state index contributed by atoms with van der Waals surface area (Å²) in [6.07, 6.45) is 1.47. The number of carbonyl (C=O) groups excluding carboxylic acids is 1. The second kappa shape index (κ2) is 7.20. The Morgan fingerprint density at radius 1 is 1.44 bits per heavy atom. The average Bonchev–Trinajstić information content (AvgIpc) is 2.81. The highest BCUT2D eigenvalue weighted by atomic mass is 16.4. The van der Waals surface area contributed by atoms with E-state index in [1.807, 2.05) is 0 Å². The van der Waals surface area contributed by atoms with Gasteiger partial charge in [-0.05, 0) is 31.8 Å². The summed E-state index contributed by atoms with van der Waals surface area (Å²) < 4.78 is 0. The first-order chi connectivity index (χ1) is 8.56. The van der Waals surface area contributed by atoms with Gasteiger partial charge < -0.3 is 20.6 Å². The van der Waals surface area contributed by atoms with E-state index in [1.165, 1.54) is 0 Å². The molecule has 1 heterocycles. The summed E-state index contributed by atoms with van der Waals surface area (Å²) in [6, 6.07) is -1.19. The van der Waals surface area contributed by atoms with Crippen LogP contribution in [0.5, 0.6) is 0 Å². The number of likely N-dealkylation sites (tertiary alicyclic amines) is 1. The topological polar surface area (TPSA) is 81.7 Å². The third-order valence-corrected chi connectivity index (χ3v) is 3.38. The number of aliphatic carboxylic acids is 1. The van der Waals surface area contributed by atoms with Crippen molar-refractivity contribution in [1.82, 2.24) is 15.5 Å². The summed E-state index contributed by atoms with van der Waals surface area (Å²) in [4.78, 5) is 24.6. The molecule has 0 aromatic heterocycles. The van der Waals surface area contributed by atoms with Gasteiger partial charge in [-0.2, -0.15) is 0 Å². The monoisotopic (exact) mass is 257 g/mol. The van der Waals surface area contributed by atoms with Gasteiger partial charge in [0.05, 0.1) is 0 Å². The van der Waals surface area contributed by atoms with Crippen molar-refractivity contribution >= 4 is 12.0 Å². The molecule has 18 heavy (non-hydrogen) atoms. The molecular formula is C12H23N3O3. The maximum atomic E-state index is 11.5. The van der Waals surface area contributed by atoms with Gasteiger partial charge in [-0.3, -0.25) is 0 Å². The van der Waals surface area contributed by atoms with Gasteiger partial charge in [0.15, 0.2) is 0 Å². The molecule has 0 aliphatic carbocycles. The highest BCUT2D eigenvalue weighted by molar-refractivity contribution is 5.82. The van der Waals surface area contributed by atoms with Crippen LogP contribution in [0.15, 0.2) is 0 Å². The van der Waals surface area contributed by atoms with Crippen LogP contribution in [-0.4, -0.2) is 54.2 Å². The predicted octanol–water partition coefficient (Wildman–Crippen LogP) is 0.491. The third-order valence-electron chi connectivity index (χ3n) is 3.38. The van der Waals surface area contributed by atoms with Crippen LogP contribution in [0.4, 0.5) is 4.79 Å². The lowest BCUT2D eigenvalue weighted by molar-refractivity contribution is -0.139. The minimum Gasteiger partial charge on any atom is -0.480 e. The maximum absolute atomic E-state index is 11.5. The van der Waals surface area contributed by atoms with E-state index in [-0.39, 0.29) is 6.03 Å². The first-order valence-electron chi connectivity index (χ1n) is 6.56. The van der Waals surface area contributed by atoms with Crippen molar-refractivity contribution in [1.29, 1.82) is 0 Å². The normalized spacial score (nSPS) is 21.6. The second-order valence-corrected chi connectivity index (χ2v) is 4.70. The Kier molecular flexibility index (Phi) is 5.91. The highest BCUT2D eigenvalue weighted by Gasteiger charge is 2.22. The number of carboxylic acid groups (broad SMARTS) is 1. The Morgan fingerprint density at radius 3 is 2.67 bits per heavy atom. The SMILES string of the molecule is CCC(NC(=O)NCC1CCN(CC)C1)C(=O)O. The number of nitrogens with one attached hydrogen (secondary N) is 2. The van der Waals surface area contributed by atoms with E-state index >= 15 is 0 Å². The second-order valence-electron chi connectivity index (χ2n) is 4.70. The molecule has 1 aliphatic heterocycles. The lowest BCUT2D eigenvalue weighted by Gasteiger charge is -2.16. The Balaban J connectivity index is 2.23. The van der Waals surface area contributed by atoms with Crippen molar-refractivity contribution in [2.24, 2.45) is 5.92 Å². The highest BCUT2D eigenvalue weighted by Crippen LogP contribution is 2.14. The third kappa shape index (κ3) is 4.52. The van der Waals surface area contributed by atoms with Crippen LogP contribution in [-0.2, 0) is 4.79 Å². The number of carboxylic acids is 1. The number of hydrogen-bond donors (Lipinski definition) is 3. The fourth-order valence-electron chi connectivity index (χ4n) is 2.15. The number of nitrogens with zero attached hydrogens (tertiary/aromatic N) is 1. The molecule has 104 valence electrons. The Hall–Kier alpha value is -1.30. The smallest absolute Gasteiger partial charge is 0.326 e. The molecule has 2 atom stereocenters. The van der Waals surface area contributed by atoms with Crippen LogP contribution in [0.2, 0.25) is 0 Å². The van der Waals surface area contributed by atoms with Gasteiger partial charge in [0.1, 0.15) is 6.04 Å². The summed E-state index contributed by atoms with van der Waals surface area (Å²) >= 11 is 0. The zero-order valence-electron chi connectivity index (χ0n) is 11.1. The average molecular weight is 257 g/mol. The van der Waals surface area contributed by atoms with Crippen molar-refractivity contribution in [3.8, 4) is 0 Å². The molecule has 3 N–H and O–H groups in total. The van der Waals surface area contributed by atoms with E-state index in [0.29, 0.717) is 18.9 Å². The zero-order valence-corrected chi connectivity index (χ0v) is 11.1. The molecule has 2 unspecified atom stereocenters. The van der Waals surface area contributed by atoms with Crippen LogP contribution in [0.3, 0.4) is 0 Å². The Bertz CT molecular complexity index is 296. The molecule has 1 fully saturated rings. The fraction of sp³-hybridized carbons (Fsp3) is 0.833. The van der Waals surface area contributed by atoms with Crippen LogP contribution >= 0.6 is 0 Å². The van der Waals surface area contributed by atoms with Crippen molar-refractivity contribution in [3.63, 3.8) is 0 Å². The van der Waals surface area contributed by atoms with Gasteiger partial charge in [0, 0.05) is 13.1 Å². The molecule has 1 aliphatic rings. The van der Waals surface area contributed by atoms with Crippen molar-refractivity contribution in [2.75, 3.05) is 26.2 Å². The number of carbonyl (C=O) groups is 2. The lowest BCUT2D eigenvalue weighted by Crippen LogP contribution is -2.46. The molecule has 0 aromatic rings. The van der Waals surface area contributed by atoms with E-state index in [2.05, 4.69) is 22.5 Å². The zero-order chi connectivity index (χ0) is 13.5. The first kappa shape index (κ1) is 14.8. The molecule has 0 spiro atoms. The van der Waals surface area contributed by atoms with Crippen LogP contribution in [0, 0.1) is 5.92 Å². The minimum absolute atomic E-state index is 0.385. The van der Waals surface area contributed by atoms with E-state index in [1.54, 1.807) is 6.92 Å². The molecule has 6 heteroatoms. The number of amides is 2. The Morgan fingerprint density at radius 2 is 2.17 bits per heavy atom. The van der Waals surface area contributed by atoms with Crippen LogP contribution < -0.4 is 10.6 Å². The number of urea groups is 1. The van der Waals surface area contributed by atoms with Gasteiger partial charge in [-0.15, -0.1) is 0 Å². The lowest BCUT2D eigenvalue weighted by atomic mass is 10.1. The van der Waals surface area contributed by atoms with Crippen LogP contribution in [0.1, 0.15) is 26.7 Å². The van der Waals surface area contributed by atoms with Crippen molar-refractivity contribution in [2.45, 2.75) is 32.7 Å². The molecule has 6 nitrogen and oxygen atoms in total. The molecular weight excluding hydrogens is 234 g/mol. The van der Waals surface area contributed by atoms with Crippen molar-refractivity contribution in [3.05, 3.63) is 0 Å². The summed E-state index contributed by atoms with van der Waals surface area (Å²) in [5.41, 5.74) is 0. The van der Waals surface area contributed by atoms with E-state index in [4.69, 9.17) is 5.11 Å². The fourth-order valence-corrected chi connectivity index (χ4v) is 2.15.